The van der Waals surface area contributed by atoms with E-state index in [1.807, 2.05) is 16.7 Å². The normalized spacial score (nSPS) is 11.9. The number of aryl methyl sites for hydroxylation is 2. The van der Waals surface area contributed by atoms with E-state index in [-0.39, 0.29) is 4.90 Å². The second kappa shape index (κ2) is 8.69. The van der Waals surface area contributed by atoms with E-state index in [1.54, 1.807) is 30.0 Å². The quantitative estimate of drug-likeness (QED) is 0.523. The fraction of sp³-hybridized carbons (Fsp3) is 0.333. The molecule has 0 spiro atoms. The SMILES string of the molecule is CCCSc1nnc(-c2cccc(S(=O)(=O)N(C)C)c2)n1-c1c(C)cccc1C. The molecule has 0 saturated carbocycles. The van der Waals surface area contributed by atoms with Gasteiger partial charge in [-0.3, -0.25) is 4.57 Å². The lowest BCUT2D eigenvalue weighted by Gasteiger charge is -2.16. The summed E-state index contributed by atoms with van der Waals surface area (Å²) >= 11 is 1.65. The molecule has 1 aromatic heterocycles. The summed E-state index contributed by atoms with van der Waals surface area (Å²) < 4.78 is 28.5. The third-order valence-electron chi connectivity index (χ3n) is 4.60. The third kappa shape index (κ3) is 4.24. The van der Waals surface area contributed by atoms with Gasteiger partial charge < -0.3 is 0 Å². The first-order chi connectivity index (χ1) is 13.8. The lowest BCUT2D eigenvalue weighted by molar-refractivity contribution is 0.521. The average Bonchev–Trinajstić information content (AvgIpc) is 3.09. The molecule has 29 heavy (non-hydrogen) atoms. The zero-order chi connectivity index (χ0) is 21.2. The molecule has 3 aromatic rings. The number of aromatic nitrogens is 3. The predicted molar refractivity (Wildman–Crippen MR) is 118 cm³/mol. The fourth-order valence-electron chi connectivity index (χ4n) is 3.11. The summed E-state index contributed by atoms with van der Waals surface area (Å²) in [5.74, 6) is 1.56. The lowest BCUT2D eigenvalue weighted by atomic mass is 10.1. The van der Waals surface area contributed by atoms with Crippen LogP contribution in [0.25, 0.3) is 17.1 Å². The van der Waals surface area contributed by atoms with Crippen LogP contribution in [0, 0.1) is 13.8 Å². The van der Waals surface area contributed by atoms with Gasteiger partial charge in [-0.15, -0.1) is 10.2 Å². The molecule has 0 aliphatic rings. The fourth-order valence-corrected chi connectivity index (χ4v) is 4.85. The molecule has 8 heteroatoms. The summed E-state index contributed by atoms with van der Waals surface area (Å²) in [4.78, 5) is 0.235. The molecule has 0 aliphatic carbocycles. The van der Waals surface area contributed by atoms with Gasteiger partial charge in [0.05, 0.1) is 10.6 Å². The number of benzene rings is 2. The summed E-state index contributed by atoms with van der Waals surface area (Å²) in [6.45, 7) is 6.25. The third-order valence-corrected chi connectivity index (χ3v) is 7.55. The van der Waals surface area contributed by atoms with Crippen LogP contribution in [0.3, 0.4) is 0 Å². The van der Waals surface area contributed by atoms with Crippen LogP contribution in [-0.4, -0.2) is 47.3 Å². The number of para-hydroxylation sites is 1. The van der Waals surface area contributed by atoms with Gasteiger partial charge in [0, 0.05) is 25.4 Å². The smallest absolute Gasteiger partial charge is 0.242 e. The summed E-state index contributed by atoms with van der Waals surface area (Å²) in [7, 11) is -0.481. The van der Waals surface area contributed by atoms with Crippen molar-refractivity contribution in [3.05, 3.63) is 53.6 Å². The van der Waals surface area contributed by atoms with Gasteiger partial charge in [0.1, 0.15) is 0 Å². The van der Waals surface area contributed by atoms with E-state index in [9.17, 15) is 8.42 Å². The van der Waals surface area contributed by atoms with Gasteiger partial charge in [-0.2, -0.15) is 0 Å². The second-order valence-corrected chi connectivity index (χ2v) is 10.3. The van der Waals surface area contributed by atoms with Gasteiger partial charge in [-0.05, 0) is 43.5 Å². The average molecular weight is 431 g/mol. The highest BCUT2D eigenvalue weighted by molar-refractivity contribution is 7.99. The Bertz CT molecular complexity index is 1100. The molecular formula is C21H26N4O2S2. The van der Waals surface area contributed by atoms with Crippen LogP contribution in [-0.2, 0) is 10.0 Å². The minimum atomic E-state index is -3.54. The van der Waals surface area contributed by atoms with Gasteiger partial charge in [0.25, 0.3) is 0 Å². The molecule has 0 N–H and O–H groups in total. The van der Waals surface area contributed by atoms with Crippen LogP contribution >= 0.6 is 11.8 Å². The van der Waals surface area contributed by atoms with Crippen LogP contribution in [0.4, 0.5) is 0 Å². The van der Waals surface area contributed by atoms with Crippen molar-refractivity contribution >= 4 is 21.8 Å². The van der Waals surface area contributed by atoms with Crippen molar-refractivity contribution in [2.24, 2.45) is 0 Å². The Balaban J connectivity index is 2.23. The molecule has 6 nitrogen and oxygen atoms in total. The van der Waals surface area contributed by atoms with Gasteiger partial charge in [-0.1, -0.05) is 49.0 Å². The molecule has 0 unspecified atom stereocenters. The maximum absolute atomic E-state index is 12.6. The second-order valence-electron chi connectivity index (χ2n) is 7.05. The van der Waals surface area contributed by atoms with Gasteiger partial charge >= 0.3 is 0 Å². The molecule has 0 fully saturated rings. The molecule has 0 aliphatic heterocycles. The van der Waals surface area contributed by atoms with Gasteiger partial charge in [0.15, 0.2) is 11.0 Å². The minimum Gasteiger partial charge on any atom is -0.269 e. The minimum absolute atomic E-state index is 0.235. The van der Waals surface area contributed by atoms with E-state index in [1.165, 1.54) is 18.4 Å². The Hall–Kier alpha value is -2.16. The first-order valence-corrected chi connectivity index (χ1v) is 11.9. The molecule has 0 bridgehead atoms. The lowest BCUT2D eigenvalue weighted by Crippen LogP contribution is -2.22. The van der Waals surface area contributed by atoms with Crippen molar-refractivity contribution in [3.8, 4) is 17.1 Å². The zero-order valence-corrected chi connectivity index (χ0v) is 19.0. The van der Waals surface area contributed by atoms with Crippen molar-refractivity contribution in [1.82, 2.24) is 19.1 Å². The first-order valence-electron chi connectivity index (χ1n) is 9.45. The molecule has 0 radical (unpaired) electrons. The topological polar surface area (TPSA) is 68.1 Å². The van der Waals surface area contributed by atoms with E-state index in [0.29, 0.717) is 11.4 Å². The highest BCUT2D eigenvalue weighted by atomic mass is 32.2. The molecule has 0 amide bonds. The van der Waals surface area contributed by atoms with E-state index in [0.717, 1.165) is 34.1 Å². The van der Waals surface area contributed by atoms with Crippen molar-refractivity contribution in [2.75, 3.05) is 19.8 Å². The number of sulfonamides is 1. The highest BCUT2D eigenvalue weighted by Crippen LogP contribution is 2.32. The summed E-state index contributed by atoms with van der Waals surface area (Å²) in [5.41, 5.74) is 3.97. The Kier molecular flexibility index (Phi) is 6.45. The maximum atomic E-state index is 12.6. The van der Waals surface area contributed by atoms with E-state index in [2.05, 4.69) is 43.1 Å². The molecule has 2 aromatic carbocycles. The van der Waals surface area contributed by atoms with Gasteiger partial charge in [-0.25, -0.2) is 12.7 Å². The maximum Gasteiger partial charge on any atom is 0.242 e. The summed E-state index contributed by atoms with van der Waals surface area (Å²) in [6, 6.07) is 13.0. The van der Waals surface area contributed by atoms with E-state index in [4.69, 9.17) is 0 Å². The molecule has 0 saturated heterocycles. The molecule has 154 valence electrons. The summed E-state index contributed by atoms with van der Waals surface area (Å²) in [6.07, 6.45) is 1.02. The molecular weight excluding hydrogens is 404 g/mol. The Morgan fingerprint density at radius 2 is 1.69 bits per heavy atom. The van der Waals surface area contributed by atoms with Gasteiger partial charge in [0.2, 0.25) is 10.0 Å². The predicted octanol–water partition coefficient (Wildman–Crippen LogP) is 4.30. The Labute approximate surface area is 177 Å². The zero-order valence-electron chi connectivity index (χ0n) is 17.4. The standard InChI is InChI=1S/C21H26N4O2S2/c1-6-13-28-21-23-22-20(25(21)19-15(2)9-7-10-16(19)3)17-11-8-12-18(14-17)29(26,27)24(4)5/h7-12,14H,6,13H2,1-5H3. The number of rotatable bonds is 7. The van der Waals surface area contributed by atoms with Crippen LogP contribution in [0.2, 0.25) is 0 Å². The van der Waals surface area contributed by atoms with Crippen molar-refractivity contribution in [2.45, 2.75) is 37.2 Å². The molecule has 0 atom stereocenters. The number of hydrogen-bond acceptors (Lipinski definition) is 5. The summed E-state index contributed by atoms with van der Waals surface area (Å²) in [5, 5.41) is 9.69. The van der Waals surface area contributed by atoms with E-state index < -0.39 is 10.0 Å². The largest absolute Gasteiger partial charge is 0.269 e. The van der Waals surface area contributed by atoms with Crippen LogP contribution < -0.4 is 0 Å². The van der Waals surface area contributed by atoms with Crippen LogP contribution in [0.15, 0.2) is 52.5 Å². The van der Waals surface area contributed by atoms with Crippen molar-refractivity contribution in [1.29, 1.82) is 0 Å². The first kappa shape index (κ1) is 21.5. The number of nitrogens with zero attached hydrogens (tertiary/aromatic N) is 4. The van der Waals surface area contributed by atoms with Crippen LogP contribution in [0.1, 0.15) is 24.5 Å². The monoisotopic (exact) mass is 430 g/mol. The van der Waals surface area contributed by atoms with Crippen molar-refractivity contribution in [3.63, 3.8) is 0 Å². The highest BCUT2D eigenvalue weighted by Gasteiger charge is 2.22. The van der Waals surface area contributed by atoms with Crippen LogP contribution in [0.5, 0.6) is 0 Å². The molecule has 1 heterocycles. The Morgan fingerprint density at radius 3 is 2.31 bits per heavy atom. The Morgan fingerprint density at radius 1 is 1.03 bits per heavy atom. The number of thioether (sulfide) groups is 1. The number of hydrogen-bond donors (Lipinski definition) is 0. The van der Waals surface area contributed by atoms with Crippen molar-refractivity contribution < 1.29 is 8.42 Å². The van der Waals surface area contributed by atoms with E-state index >= 15 is 0 Å². The molecule has 3 rings (SSSR count).